The van der Waals surface area contributed by atoms with Crippen LogP contribution < -0.4 is 4.74 Å². The molecular weight excluding hydrogens is 461 g/mol. The number of carbonyl (C=O) groups is 2. The Labute approximate surface area is 212 Å². The zero-order valence-electron chi connectivity index (χ0n) is 21.2. The highest BCUT2D eigenvalue weighted by molar-refractivity contribution is 5.85. The molecule has 0 spiro atoms. The number of esters is 1. The first-order chi connectivity index (χ1) is 17.4. The van der Waals surface area contributed by atoms with E-state index >= 15 is 0 Å². The molecule has 2 aromatic carbocycles. The molecule has 0 radical (unpaired) electrons. The summed E-state index contributed by atoms with van der Waals surface area (Å²) in [6, 6.07) is 11.8. The molecule has 0 unspecified atom stereocenters. The van der Waals surface area contributed by atoms with Gasteiger partial charge < -0.3 is 19.3 Å². The van der Waals surface area contributed by atoms with Crippen molar-refractivity contribution in [1.82, 2.24) is 14.7 Å². The van der Waals surface area contributed by atoms with Crippen molar-refractivity contribution < 1.29 is 23.5 Å². The van der Waals surface area contributed by atoms with Crippen LogP contribution in [-0.4, -0.2) is 85.6 Å². The largest absolute Gasteiger partial charge is 0.483 e. The molecule has 2 aliphatic rings. The minimum absolute atomic E-state index is 0.137. The monoisotopic (exact) mass is 497 g/mol. The van der Waals surface area contributed by atoms with Gasteiger partial charge in [-0.2, -0.15) is 0 Å². The van der Waals surface area contributed by atoms with Crippen LogP contribution in [0, 0.1) is 5.82 Å². The highest BCUT2D eigenvalue weighted by Gasteiger charge is 2.33. The van der Waals surface area contributed by atoms with Crippen molar-refractivity contribution in [2.45, 2.75) is 38.8 Å². The Morgan fingerprint density at radius 1 is 0.972 bits per heavy atom. The molecule has 7 nitrogen and oxygen atoms in total. The Kier molecular flexibility index (Phi) is 8.93. The lowest BCUT2D eigenvalue weighted by atomic mass is 10.0. The van der Waals surface area contributed by atoms with Crippen molar-refractivity contribution in [1.29, 1.82) is 0 Å². The van der Waals surface area contributed by atoms with Gasteiger partial charge in [0.25, 0.3) is 5.91 Å². The predicted octanol–water partition coefficient (Wildman–Crippen LogP) is 3.56. The molecule has 1 atom stereocenters. The number of hydrogen-bond donors (Lipinski definition) is 0. The third kappa shape index (κ3) is 6.62. The number of piperazine rings is 1. The van der Waals surface area contributed by atoms with Gasteiger partial charge in [0, 0.05) is 44.8 Å². The number of nitrogens with zero attached hydrogens (tertiary/aromatic N) is 3. The molecule has 2 fully saturated rings. The van der Waals surface area contributed by atoms with Crippen molar-refractivity contribution in [3.8, 4) is 16.9 Å². The van der Waals surface area contributed by atoms with Crippen LogP contribution in [0.2, 0.25) is 0 Å². The Bertz CT molecular complexity index is 1040. The van der Waals surface area contributed by atoms with E-state index in [1.807, 2.05) is 12.1 Å². The van der Waals surface area contributed by atoms with Crippen molar-refractivity contribution in [2.24, 2.45) is 0 Å². The lowest BCUT2D eigenvalue weighted by molar-refractivity contribution is -0.157. The van der Waals surface area contributed by atoms with Crippen molar-refractivity contribution in [2.75, 3.05) is 53.0 Å². The number of halogens is 1. The van der Waals surface area contributed by atoms with Crippen molar-refractivity contribution >= 4 is 11.9 Å². The number of amides is 1. The molecule has 0 aliphatic carbocycles. The molecule has 2 heterocycles. The van der Waals surface area contributed by atoms with Crippen LogP contribution >= 0.6 is 0 Å². The standard InChI is InChI=1S/C28H36FN3O4/c1-3-35-28(34)25-6-4-5-13-32(25)27(33)20-36-26-12-9-22(21-7-10-24(29)11-8-21)18-23(26)19-31-16-14-30(2)15-17-31/h7-12,18,25H,3-6,13-17,19-20H2,1-2H3/t25-/m0/s1. The second-order valence-corrected chi connectivity index (χ2v) is 9.55. The molecule has 4 rings (SSSR count). The quantitative estimate of drug-likeness (QED) is 0.520. The minimum Gasteiger partial charge on any atom is -0.483 e. The number of carbonyl (C=O) groups excluding carboxylic acids is 2. The van der Waals surface area contributed by atoms with Gasteiger partial charge in [0.05, 0.1) is 6.61 Å². The molecule has 194 valence electrons. The fraction of sp³-hybridized carbons (Fsp3) is 0.500. The third-order valence-corrected chi connectivity index (χ3v) is 6.96. The van der Waals surface area contributed by atoms with E-state index in [2.05, 4.69) is 22.9 Å². The Balaban J connectivity index is 1.50. The van der Waals surface area contributed by atoms with Crippen LogP contribution in [0.5, 0.6) is 5.75 Å². The van der Waals surface area contributed by atoms with Gasteiger partial charge in [-0.15, -0.1) is 0 Å². The van der Waals surface area contributed by atoms with E-state index in [1.165, 1.54) is 12.1 Å². The van der Waals surface area contributed by atoms with Crippen LogP contribution in [0.15, 0.2) is 42.5 Å². The number of piperidine rings is 1. The number of likely N-dealkylation sites (N-methyl/N-ethyl adjacent to an activating group) is 1. The van der Waals surface area contributed by atoms with Gasteiger partial charge in [0.1, 0.15) is 17.6 Å². The zero-order chi connectivity index (χ0) is 25.5. The summed E-state index contributed by atoms with van der Waals surface area (Å²) >= 11 is 0. The van der Waals surface area contributed by atoms with Gasteiger partial charge in [-0.1, -0.05) is 18.2 Å². The Morgan fingerprint density at radius 3 is 2.42 bits per heavy atom. The topological polar surface area (TPSA) is 62.3 Å². The second-order valence-electron chi connectivity index (χ2n) is 9.55. The molecule has 2 aliphatic heterocycles. The van der Waals surface area contributed by atoms with E-state index in [0.29, 0.717) is 31.9 Å². The summed E-state index contributed by atoms with van der Waals surface area (Å²) < 4.78 is 24.7. The highest BCUT2D eigenvalue weighted by atomic mass is 19.1. The Hall–Kier alpha value is -2.97. The number of likely N-dealkylation sites (tertiary alicyclic amines) is 1. The molecule has 36 heavy (non-hydrogen) atoms. The van der Waals surface area contributed by atoms with Gasteiger partial charge >= 0.3 is 5.97 Å². The van der Waals surface area contributed by atoms with Gasteiger partial charge in [0.2, 0.25) is 0 Å². The number of hydrogen-bond acceptors (Lipinski definition) is 6. The molecule has 8 heteroatoms. The van der Waals surface area contributed by atoms with E-state index in [9.17, 15) is 14.0 Å². The average Bonchev–Trinajstić information content (AvgIpc) is 2.89. The van der Waals surface area contributed by atoms with Crippen LogP contribution in [0.25, 0.3) is 11.1 Å². The summed E-state index contributed by atoms with van der Waals surface area (Å²) in [5.74, 6) is -0.169. The van der Waals surface area contributed by atoms with E-state index in [0.717, 1.165) is 55.7 Å². The van der Waals surface area contributed by atoms with Gasteiger partial charge in [0.15, 0.2) is 6.61 Å². The zero-order valence-corrected chi connectivity index (χ0v) is 21.2. The van der Waals surface area contributed by atoms with Crippen molar-refractivity contribution in [3.63, 3.8) is 0 Å². The fourth-order valence-corrected chi connectivity index (χ4v) is 4.85. The van der Waals surface area contributed by atoms with Gasteiger partial charge in [-0.25, -0.2) is 9.18 Å². The summed E-state index contributed by atoms with van der Waals surface area (Å²) in [5, 5.41) is 0. The molecule has 0 bridgehead atoms. The van der Waals surface area contributed by atoms with E-state index in [-0.39, 0.29) is 24.3 Å². The van der Waals surface area contributed by atoms with Crippen LogP contribution in [0.1, 0.15) is 31.7 Å². The molecule has 0 aromatic heterocycles. The smallest absolute Gasteiger partial charge is 0.328 e. The lowest BCUT2D eigenvalue weighted by Crippen LogP contribution is -2.50. The summed E-state index contributed by atoms with van der Waals surface area (Å²) in [6.07, 6.45) is 2.38. The van der Waals surface area contributed by atoms with Gasteiger partial charge in [-0.3, -0.25) is 9.69 Å². The fourth-order valence-electron chi connectivity index (χ4n) is 4.85. The first kappa shape index (κ1) is 26.1. The second kappa shape index (κ2) is 12.3. The predicted molar refractivity (Wildman–Crippen MR) is 136 cm³/mol. The van der Waals surface area contributed by atoms with Crippen molar-refractivity contribution in [3.05, 3.63) is 53.8 Å². The highest BCUT2D eigenvalue weighted by Crippen LogP contribution is 2.29. The maximum Gasteiger partial charge on any atom is 0.328 e. The van der Waals surface area contributed by atoms with E-state index in [4.69, 9.17) is 9.47 Å². The summed E-state index contributed by atoms with van der Waals surface area (Å²) in [7, 11) is 2.12. The lowest BCUT2D eigenvalue weighted by Gasteiger charge is -2.34. The third-order valence-electron chi connectivity index (χ3n) is 6.96. The molecule has 0 saturated carbocycles. The molecule has 1 amide bonds. The molecule has 0 N–H and O–H groups in total. The summed E-state index contributed by atoms with van der Waals surface area (Å²) in [6.45, 7) is 7.05. The van der Waals surface area contributed by atoms with E-state index < -0.39 is 6.04 Å². The number of rotatable bonds is 8. The first-order valence-corrected chi connectivity index (χ1v) is 12.8. The maximum atomic E-state index is 13.4. The maximum absolute atomic E-state index is 13.4. The average molecular weight is 498 g/mol. The Morgan fingerprint density at radius 2 is 1.69 bits per heavy atom. The molecule has 2 aromatic rings. The van der Waals surface area contributed by atoms with Gasteiger partial charge in [-0.05, 0) is 68.6 Å². The summed E-state index contributed by atoms with van der Waals surface area (Å²) in [5.41, 5.74) is 2.87. The first-order valence-electron chi connectivity index (χ1n) is 12.8. The number of benzene rings is 2. The minimum atomic E-state index is -0.541. The van der Waals surface area contributed by atoms with Crippen LogP contribution in [-0.2, 0) is 20.9 Å². The number of ether oxygens (including phenoxy) is 2. The van der Waals surface area contributed by atoms with Crippen LogP contribution in [0.3, 0.4) is 0 Å². The van der Waals surface area contributed by atoms with E-state index in [1.54, 1.807) is 24.0 Å². The van der Waals surface area contributed by atoms with Crippen LogP contribution in [0.4, 0.5) is 4.39 Å². The SMILES string of the molecule is CCOC(=O)[C@@H]1CCCCN1C(=O)COc1ccc(-c2ccc(F)cc2)cc1CN1CCN(C)CC1. The summed E-state index contributed by atoms with van der Waals surface area (Å²) in [4.78, 5) is 31.8. The molecular formula is C28H36FN3O4. The normalized spacial score (nSPS) is 19.2. The molecule has 2 saturated heterocycles.